The van der Waals surface area contributed by atoms with Gasteiger partial charge in [0.05, 0.1) is 6.10 Å². The maximum atomic E-state index is 8.73. The van der Waals surface area contributed by atoms with Gasteiger partial charge in [-0.2, -0.15) is 24.4 Å². The lowest BCUT2D eigenvalue weighted by Crippen LogP contribution is -2.03. The van der Waals surface area contributed by atoms with E-state index < -0.39 is 0 Å². The van der Waals surface area contributed by atoms with Crippen LogP contribution in [0.25, 0.3) is 0 Å². The lowest BCUT2D eigenvalue weighted by Gasteiger charge is -2.00. The van der Waals surface area contributed by atoms with Crippen LogP contribution in [0.15, 0.2) is 0 Å². The van der Waals surface area contributed by atoms with Crippen LogP contribution in [-0.4, -0.2) is 28.5 Å². The minimum atomic E-state index is -0.167. The lowest BCUT2D eigenvalue weighted by atomic mass is 10.5. The Morgan fingerprint density at radius 2 is 2.38 bits per heavy atom. The number of aliphatic hydroxyl groups excluding tert-OH is 1. The van der Waals surface area contributed by atoms with Gasteiger partial charge in [-0.15, -0.1) is 0 Å². The molecule has 0 amide bonds. The number of thiol groups is 1. The van der Waals surface area contributed by atoms with Crippen LogP contribution in [0.5, 0.6) is 0 Å². The molecule has 0 aliphatic carbocycles. The summed E-state index contributed by atoms with van der Waals surface area (Å²) in [5.74, 6) is 2.77. The van der Waals surface area contributed by atoms with Crippen molar-refractivity contribution >= 4 is 24.4 Å². The summed E-state index contributed by atoms with van der Waals surface area (Å²) in [4.78, 5) is 0. The van der Waals surface area contributed by atoms with Gasteiger partial charge < -0.3 is 5.11 Å². The van der Waals surface area contributed by atoms with Gasteiger partial charge in [-0.1, -0.05) is 0 Å². The highest BCUT2D eigenvalue weighted by molar-refractivity contribution is 8.00. The molecule has 1 unspecified atom stereocenters. The fourth-order valence-electron chi connectivity index (χ4n) is 0.318. The summed E-state index contributed by atoms with van der Waals surface area (Å²) in [6.45, 7) is 1.80. The molecule has 0 fully saturated rings. The quantitative estimate of drug-likeness (QED) is 0.463. The average molecular weight is 152 g/mol. The average Bonchev–Trinajstić information content (AvgIpc) is 1.66. The van der Waals surface area contributed by atoms with Gasteiger partial charge in [-0.3, -0.25) is 0 Å². The van der Waals surface area contributed by atoms with E-state index in [0.717, 1.165) is 17.3 Å². The maximum absolute atomic E-state index is 8.73. The Bertz CT molecular complexity index is 47.7. The summed E-state index contributed by atoms with van der Waals surface area (Å²) in [5, 5.41) is 8.73. The number of rotatable bonds is 4. The summed E-state index contributed by atoms with van der Waals surface area (Å²) < 4.78 is 0. The Labute approximate surface area is 60.3 Å². The Morgan fingerprint density at radius 3 is 2.75 bits per heavy atom. The third kappa shape index (κ3) is 6.66. The molecule has 0 aromatic heterocycles. The molecule has 0 bridgehead atoms. The normalized spacial score (nSPS) is 13.9. The minimum absolute atomic E-state index is 0.167. The monoisotopic (exact) mass is 152 g/mol. The Balaban J connectivity index is 2.72. The number of aliphatic hydroxyl groups is 1. The van der Waals surface area contributed by atoms with Gasteiger partial charge in [0.25, 0.3) is 0 Å². The molecule has 1 N–H and O–H groups in total. The molecule has 0 saturated carbocycles. The van der Waals surface area contributed by atoms with Crippen LogP contribution < -0.4 is 0 Å². The van der Waals surface area contributed by atoms with Crippen LogP contribution in [0.4, 0.5) is 0 Å². The zero-order valence-electron chi connectivity index (χ0n) is 5.00. The van der Waals surface area contributed by atoms with Crippen molar-refractivity contribution < 1.29 is 5.11 Å². The molecule has 3 heteroatoms. The van der Waals surface area contributed by atoms with Gasteiger partial charge in [-0.05, 0) is 12.7 Å². The van der Waals surface area contributed by atoms with Crippen molar-refractivity contribution in [2.24, 2.45) is 0 Å². The molecule has 0 aliphatic heterocycles. The molecule has 0 heterocycles. The predicted octanol–water partition coefficient (Wildman–Crippen LogP) is 1.03. The van der Waals surface area contributed by atoms with Gasteiger partial charge in [0, 0.05) is 11.5 Å². The smallest absolute Gasteiger partial charge is 0.0602 e. The van der Waals surface area contributed by atoms with E-state index >= 15 is 0 Å². The Kier molecular flexibility index (Phi) is 6.27. The Hall–Kier alpha value is 0.660. The number of thioether (sulfide) groups is 1. The van der Waals surface area contributed by atoms with Crippen molar-refractivity contribution in [1.82, 2.24) is 0 Å². The standard InChI is InChI=1S/C5H12OS2/c1-5(6)4-8-3-2-7/h5-7H,2-4H2,1H3. The Morgan fingerprint density at radius 1 is 1.75 bits per heavy atom. The topological polar surface area (TPSA) is 20.2 Å². The van der Waals surface area contributed by atoms with Gasteiger partial charge in [0.15, 0.2) is 0 Å². The molecule has 0 rings (SSSR count). The molecule has 50 valence electrons. The van der Waals surface area contributed by atoms with E-state index in [1.54, 1.807) is 18.7 Å². The zero-order chi connectivity index (χ0) is 6.41. The van der Waals surface area contributed by atoms with Gasteiger partial charge in [0.2, 0.25) is 0 Å². The second kappa shape index (κ2) is 5.79. The third-order valence-electron chi connectivity index (χ3n) is 0.595. The molecular weight excluding hydrogens is 140 g/mol. The molecule has 8 heavy (non-hydrogen) atoms. The molecule has 1 nitrogen and oxygen atoms in total. The second-order valence-corrected chi connectivity index (χ2v) is 3.24. The minimum Gasteiger partial charge on any atom is -0.393 e. The molecule has 0 aromatic carbocycles. The second-order valence-electron chi connectivity index (χ2n) is 1.65. The number of hydrogen-bond acceptors (Lipinski definition) is 3. The first-order chi connectivity index (χ1) is 3.77. The van der Waals surface area contributed by atoms with E-state index in [2.05, 4.69) is 12.6 Å². The fourth-order valence-corrected chi connectivity index (χ4v) is 1.34. The molecule has 0 spiro atoms. The van der Waals surface area contributed by atoms with Crippen molar-refractivity contribution in [2.75, 3.05) is 17.3 Å². The zero-order valence-corrected chi connectivity index (χ0v) is 6.71. The van der Waals surface area contributed by atoms with Crippen LogP contribution in [0.2, 0.25) is 0 Å². The maximum Gasteiger partial charge on any atom is 0.0602 e. The van der Waals surface area contributed by atoms with Crippen LogP contribution in [0.1, 0.15) is 6.92 Å². The van der Waals surface area contributed by atoms with Crippen molar-refractivity contribution in [2.45, 2.75) is 13.0 Å². The molecule has 1 atom stereocenters. The van der Waals surface area contributed by atoms with Crippen molar-refractivity contribution in [3.8, 4) is 0 Å². The van der Waals surface area contributed by atoms with E-state index in [1.807, 2.05) is 0 Å². The highest BCUT2D eigenvalue weighted by Crippen LogP contribution is 2.01. The number of hydrogen-bond donors (Lipinski definition) is 2. The van der Waals surface area contributed by atoms with Crippen LogP contribution in [0.3, 0.4) is 0 Å². The van der Waals surface area contributed by atoms with E-state index in [1.165, 1.54) is 0 Å². The lowest BCUT2D eigenvalue weighted by molar-refractivity contribution is 0.220. The van der Waals surface area contributed by atoms with Gasteiger partial charge >= 0.3 is 0 Å². The molecule has 0 aliphatic rings. The molecule has 0 aromatic rings. The highest BCUT2D eigenvalue weighted by atomic mass is 32.2. The van der Waals surface area contributed by atoms with Crippen molar-refractivity contribution in [3.63, 3.8) is 0 Å². The SMILES string of the molecule is CC(O)CSCCS. The van der Waals surface area contributed by atoms with Gasteiger partial charge in [-0.25, -0.2) is 0 Å². The van der Waals surface area contributed by atoms with Crippen LogP contribution in [-0.2, 0) is 0 Å². The van der Waals surface area contributed by atoms with Crippen molar-refractivity contribution in [3.05, 3.63) is 0 Å². The fraction of sp³-hybridized carbons (Fsp3) is 1.00. The molecule has 0 saturated heterocycles. The summed E-state index contributed by atoms with van der Waals surface area (Å²) in [5.41, 5.74) is 0. The van der Waals surface area contributed by atoms with E-state index in [9.17, 15) is 0 Å². The van der Waals surface area contributed by atoms with Gasteiger partial charge in [0.1, 0.15) is 0 Å². The molecular formula is C5H12OS2. The third-order valence-corrected chi connectivity index (χ3v) is 2.33. The summed E-state index contributed by atoms with van der Waals surface area (Å²) in [7, 11) is 0. The first-order valence-electron chi connectivity index (χ1n) is 2.64. The van der Waals surface area contributed by atoms with E-state index in [-0.39, 0.29) is 6.10 Å². The first-order valence-corrected chi connectivity index (χ1v) is 4.42. The van der Waals surface area contributed by atoms with Crippen LogP contribution in [0, 0.1) is 0 Å². The van der Waals surface area contributed by atoms with E-state index in [4.69, 9.17) is 5.11 Å². The predicted molar refractivity (Wildman–Crippen MR) is 42.9 cm³/mol. The van der Waals surface area contributed by atoms with Crippen LogP contribution >= 0.6 is 24.4 Å². The summed E-state index contributed by atoms with van der Waals surface area (Å²) in [6, 6.07) is 0. The summed E-state index contributed by atoms with van der Waals surface area (Å²) >= 11 is 5.76. The largest absolute Gasteiger partial charge is 0.393 e. The highest BCUT2D eigenvalue weighted by Gasteiger charge is 1.92. The molecule has 0 radical (unpaired) electrons. The van der Waals surface area contributed by atoms with Crippen molar-refractivity contribution in [1.29, 1.82) is 0 Å². The summed E-state index contributed by atoms with van der Waals surface area (Å²) in [6.07, 6.45) is -0.167. The first kappa shape index (κ1) is 8.66. The van der Waals surface area contributed by atoms with E-state index in [0.29, 0.717) is 0 Å².